The Labute approximate surface area is 165 Å². The zero-order valence-corrected chi connectivity index (χ0v) is 16.4. The molecule has 0 saturated heterocycles. The van der Waals surface area contributed by atoms with Gasteiger partial charge in [0.05, 0.1) is 24.2 Å². The number of hydrogen-bond donors (Lipinski definition) is 2. The normalized spacial score (nSPS) is 10.6. The predicted octanol–water partition coefficient (Wildman–Crippen LogP) is 5.60. The molecule has 0 unspecified atom stereocenters. The van der Waals surface area contributed by atoms with Gasteiger partial charge in [-0.2, -0.15) is 0 Å². The number of nitrogens with zero attached hydrogens (tertiary/aromatic N) is 1. The third kappa shape index (κ3) is 4.68. The van der Waals surface area contributed by atoms with E-state index in [4.69, 9.17) is 4.74 Å². The third-order valence-electron chi connectivity index (χ3n) is 4.29. The molecule has 2 N–H and O–H groups in total. The maximum Gasteiger partial charge on any atom is 0.274 e. The molecule has 1 aromatic heterocycles. The summed E-state index contributed by atoms with van der Waals surface area (Å²) in [6.07, 6.45) is 1.67. The number of carbonyl (C=O) groups excluding carboxylic acids is 1. The van der Waals surface area contributed by atoms with E-state index in [0.717, 1.165) is 11.4 Å². The number of benzene rings is 2. The van der Waals surface area contributed by atoms with E-state index in [0.29, 0.717) is 29.7 Å². The fourth-order valence-electron chi connectivity index (χ4n) is 2.91. The Hall–Kier alpha value is -3.34. The van der Waals surface area contributed by atoms with Crippen molar-refractivity contribution in [3.8, 4) is 5.75 Å². The van der Waals surface area contributed by atoms with E-state index >= 15 is 0 Å². The maximum absolute atomic E-state index is 12.5. The van der Waals surface area contributed by atoms with E-state index in [1.807, 2.05) is 55.5 Å². The molecule has 0 atom stereocenters. The molecule has 0 aliphatic carbocycles. The van der Waals surface area contributed by atoms with Crippen LogP contribution in [0.5, 0.6) is 5.75 Å². The third-order valence-corrected chi connectivity index (χ3v) is 4.29. The lowest BCUT2D eigenvalue weighted by molar-refractivity contribution is 0.102. The van der Waals surface area contributed by atoms with Crippen molar-refractivity contribution in [2.45, 2.75) is 26.7 Å². The van der Waals surface area contributed by atoms with E-state index in [9.17, 15) is 4.79 Å². The van der Waals surface area contributed by atoms with Gasteiger partial charge in [0.1, 0.15) is 11.4 Å². The van der Waals surface area contributed by atoms with Crippen LogP contribution in [0.3, 0.4) is 0 Å². The number of amides is 1. The van der Waals surface area contributed by atoms with Crippen LogP contribution in [-0.2, 0) is 0 Å². The van der Waals surface area contributed by atoms with Crippen LogP contribution >= 0.6 is 0 Å². The first-order valence-corrected chi connectivity index (χ1v) is 9.43. The minimum atomic E-state index is -0.277. The lowest BCUT2D eigenvalue weighted by Crippen LogP contribution is -2.14. The van der Waals surface area contributed by atoms with Crippen LogP contribution in [0, 0.1) is 0 Å². The predicted molar refractivity (Wildman–Crippen MR) is 114 cm³/mol. The van der Waals surface area contributed by atoms with Gasteiger partial charge in [-0.25, -0.2) is 4.98 Å². The maximum atomic E-state index is 12.5. The van der Waals surface area contributed by atoms with Gasteiger partial charge < -0.3 is 15.4 Å². The highest BCUT2D eigenvalue weighted by Crippen LogP contribution is 2.27. The van der Waals surface area contributed by atoms with Gasteiger partial charge in [0, 0.05) is 5.69 Å². The summed E-state index contributed by atoms with van der Waals surface area (Å²) in [5, 5.41) is 6.24. The second-order valence-corrected chi connectivity index (χ2v) is 6.68. The van der Waals surface area contributed by atoms with Crippen LogP contribution < -0.4 is 15.4 Å². The number of aromatic nitrogens is 1. The molecule has 0 aliphatic heterocycles. The highest BCUT2D eigenvalue weighted by atomic mass is 16.5. The first-order valence-electron chi connectivity index (χ1n) is 9.43. The summed E-state index contributed by atoms with van der Waals surface area (Å²) in [4.78, 5) is 16.8. The molecular weight excluding hydrogens is 350 g/mol. The number of hydrogen-bond acceptors (Lipinski definition) is 4. The Balaban J connectivity index is 1.72. The fourth-order valence-corrected chi connectivity index (χ4v) is 2.91. The SMILES string of the molecule is CCOc1ccccc1NC(=O)c1ccc(Nc2ccccc2C(C)C)cn1. The Morgan fingerprint density at radius 2 is 1.71 bits per heavy atom. The first kappa shape index (κ1) is 19.4. The van der Waals surface area contributed by atoms with Crippen molar-refractivity contribution >= 4 is 23.0 Å². The molecule has 1 amide bonds. The summed E-state index contributed by atoms with van der Waals surface area (Å²) in [5.74, 6) is 0.773. The molecule has 1 heterocycles. The van der Waals surface area contributed by atoms with E-state index in [1.165, 1.54) is 5.56 Å². The summed E-state index contributed by atoms with van der Waals surface area (Å²) < 4.78 is 5.54. The molecular formula is C23H25N3O2. The van der Waals surface area contributed by atoms with E-state index < -0.39 is 0 Å². The van der Waals surface area contributed by atoms with Crippen LogP contribution in [0.15, 0.2) is 66.9 Å². The van der Waals surface area contributed by atoms with Gasteiger partial charge in [0.15, 0.2) is 0 Å². The van der Waals surface area contributed by atoms with Crippen LogP contribution in [0.25, 0.3) is 0 Å². The molecule has 5 heteroatoms. The molecule has 2 aromatic carbocycles. The van der Waals surface area contributed by atoms with Gasteiger partial charge in [0.25, 0.3) is 5.91 Å². The average molecular weight is 375 g/mol. The Kier molecular flexibility index (Phi) is 6.27. The molecule has 5 nitrogen and oxygen atoms in total. The lowest BCUT2D eigenvalue weighted by atomic mass is 10.0. The van der Waals surface area contributed by atoms with Crippen molar-refractivity contribution < 1.29 is 9.53 Å². The molecule has 28 heavy (non-hydrogen) atoms. The first-order chi connectivity index (χ1) is 13.6. The van der Waals surface area contributed by atoms with Crippen LogP contribution in [0.1, 0.15) is 42.7 Å². The van der Waals surface area contributed by atoms with Gasteiger partial charge in [-0.1, -0.05) is 44.2 Å². The van der Waals surface area contributed by atoms with Crippen molar-refractivity contribution in [2.24, 2.45) is 0 Å². The van der Waals surface area contributed by atoms with Gasteiger partial charge in [-0.05, 0) is 48.7 Å². The zero-order valence-electron chi connectivity index (χ0n) is 16.4. The number of para-hydroxylation sites is 3. The van der Waals surface area contributed by atoms with Crippen LogP contribution in [-0.4, -0.2) is 17.5 Å². The van der Waals surface area contributed by atoms with Gasteiger partial charge in [-0.15, -0.1) is 0 Å². The van der Waals surface area contributed by atoms with Gasteiger partial charge >= 0.3 is 0 Å². The summed E-state index contributed by atoms with van der Waals surface area (Å²) >= 11 is 0. The topological polar surface area (TPSA) is 63.2 Å². The van der Waals surface area contributed by atoms with Crippen molar-refractivity contribution in [3.05, 3.63) is 78.1 Å². The molecule has 0 fully saturated rings. The Bertz CT molecular complexity index is 937. The summed E-state index contributed by atoms with van der Waals surface area (Å²) in [5.41, 5.74) is 4.08. The average Bonchev–Trinajstić information content (AvgIpc) is 2.70. The molecule has 3 aromatic rings. The fraction of sp³-hybridized carbons (Fsp3) is 0.217. The summed E-state index contributed by atoms with van der Waals surface area (Å²) in [6, 6.07) is 19.1. The molecule has 0 aliphatic rings. The van der Waals surface area contributed by atoms with Crippen LogP contribution in [0.2, 0.25) is 0 Å². The number of nitrogens with one attached hydrogen (secondary N) is 2. The largest absolute Gasteiger partial charge is 0.492 e. The van der Waals surface area contributed by atoms with Gasteiger partial charge in [-0.3, -0.25) is 4.79 Å². The quantitative estimate of drug-likeness (QED) is 0.564. The minimum absolute atomic E-state index is 0.277. The standard InChI is InChI=1S/C23H25N3O2/c1-4-28-22-12-8-7-11-20(22)26-23(27)21-14-13-17(15-24-21)25-19-10-6-5-9-18(19)16(2)3/h5-16,25H,4H2,1-3H3,(H,26,27). The summed E-state index contributed by atoms with van der Waals surface area (Å²) in [6.45, 7) is 6.76. The number of pyridine rings is 1. The highest BCUT2D eigenvalue weighted by molar-refractivity contribution is 6.03. The van der Waals surface area contributed by atoms with Crippen molar-refractivity contribution in [3.63, 3.8) is 0 Å². The molecule has 144 valence electrons. The second-order valence-electron chi connectivity index (χ2n) is 6.68. The number of rotatable bonds is 7. The van der Waals surface area contributed by atoms with Crippen molar-refractivity contribution in [1.82, 2.24) is 4.98 Å². The van der Waals surface area contributed by atoms with E-state index in [1.54, 1.807) is 12.3 Å². The van der Waals surface area contributed by atoms with Crippen LogP contribution in [0.4, 0.5) is 17.1 Å². The highest BCUT2D eigenvalue weighted by Gasteiger charge is 2.11. The molecule has 0 spiro atoms. The molecule has 0 bridgehead atoms. The number of carbonyl (C=O) groups is 1. The second kappa shape index (κ2) is 9.04. The summed E-state index contributed by atoms with van der Waals surface area (Å²) in [7, 11) is 0. The molecule has 0 radical (unpaired) electrons. The smallest absolute Gasteiger partial charge is 0.274 e. The Morgan fingerprint density at radius 1 is 1.00 bits per heavy atom. The Morgan fingerprint density at radius 3 is 2.39 bits per heavy atom. The van der Waals surface area contributed by atoms with E-state index in [2.05, 4.69) is 35.5 Å². The number of anilines is 3. The zero-order chi connectivity index (χ0) is 19.9. The molecule has 3 rings (SSSR count). The van der Waals surface area contributed by atoms with Crippen molar-refractivity contribution in [2.75, 3.05) is 17.2 Å². The minimum Gasteiger partial charge on any atom is -0.492 e. The van der Waals surface area contributed by atoms with Gasteiger partial charge in [0.2, 0.25) is 0 Å². The number of ether oxygens (including phenoxy) is 1. The monoisotopic (exact) mass is 375 g/mol. The van der Waals surface area contributed by atoms with E-state index in [-0.39, 0.29) is 5.91 Å². The lowest BCUT2D eigenvalue weighted by Gasteiger charge is -2.14. The van der Waals surface area contributed by atoms with Crippen molar-refractivity contribution in [1.29, 1.82) is 0 Å². The molecule has 0 saturated carbocycles.